The first-order valence-electron chi connectivity index (χ1n) is 6.33. The van der Waals surface area contributed by atoms with Crippen LogP contribution in [0.25, 0.3) is 0 Å². The molecule has 0 aromatic carbocycles. The van der Waals surface area contributed by atoms with Crippen LogP contribution in [-0.2, 0) is 16.1 Å². The molecule has 0 fully saturated rings. The number of amides is 1. The molecule has 0 aliphatic heterocycles. The smallest absolute Gasteiger partial charge is 0.321 e. The number of aromatic nitrogens is 1. The van der Waals surface area contributed by atoms with E-state index in [2.05, 4.69) is 15.6 Å². The van der Waals surface area contributed by atoms with Gasteiger partial charge >= 0.3 is 5.97 Å². The van der Waals surface area contributed by atoms with Gasteiger partial charge in [0.05, 0.1) is 31.1 Å². The zero-order valence-corrected chi connectivity index (χ0v) is 11.2. The number of rotatable bonds is 7. The number of nitrogens with one attached hydrogen (secondary N) is 2. The largest absolute Gasteiger partial charge is 0.480 e. The quantitative estimate of drug-likeness (QED) is 0.708. The van der Waals surface area contributed by atoms with E-state index >= 15 is 0 Å². The van der Waals surface area contributed by atoms with Gasteiger partial charge in [0, 0.05) is 6.20 Å². The second kappa shape index (κ2) is 7.20. The molecule has 0 bridgehead atoms. The molecule has 7 heteroatoms. The van der Waals surface area contributed by atoms with Crippen LogP contribution in [0.15, 0.2) is 47.3 Å². The summed E-state index contributed by atoms with van der Waals surface area (Å²) < 4.78 is 5.10. The minimum absolute atomic E-state index is 0.190. The minimum atomic E-state index is -1.09. The number of aliphatic carboxylic acids is 1. The van der Waals surface area contributed by atoms with Gasteiger partial charge in [-0.05, 0) is 24.3 Å². The predicted molar refractivity (Wildman–Crippen MR) is 74.5 cm³/mol. The fourth-order valence-electron chi connectivity index (χ4n) is 1.72. The van der Waals surface area contributed by atoms with Crippen LogP contribution in [0.4, 0.5) is 5.69 Å². The number of pyridine rings is 1. The summed E-state index contributed by atoms with van der Waals surface area (Å²) in [6.45, 7) is 0.240. The SMILES string of the molecule is O=C(CC(NCc1ccco1)C(=O)O)Nc1cccnc1. The topological polar surface area (TPSA) is 104 Å². The summed E-state index contributed by atoms with van der Waals surface area (Å²) >= 11 is 0. The van der Waals surface area contributed by atoms with Crippen LogP contribution < -0.4 is 10.6 Å². The first-order valence-corrected chi connectivity index (χ1v) is 6.33. The van der Waals surface area contributed by atoms with Crippen LogP contribution in [0.5, 0.6) is 0 Å². The van der Waals surface area contributed by atoms with Gasteiger partial charge in [-0.1, -0.05) is 0 Å². The van der Waals surface area contributed by atoms with Gasteiger partial charge in [0.1, 0.15) is 11.8 Å². The fourth-order valence-corrected chi connectivity index (χ4v) is 1.72. The van der Waals surface area contributed by atoms with Gasteiger partial charge in [-0.15, -0.1) is 0 Å². The maximum Gasteiger partial charge on any atom is 0.321 e. The Balaban J connectivity index is 1.87. The summed E-state index contributed by atoms with van der Waals surface area (Å²) in [6, 6.07) is 5.80. The van der Waals surface area contributed by atoms with Crippen molar-refractivity contribution in [1.82, 2.24) is 10.3 Å². The number of carboxylic acids is 1. The van der Waals surface area contributed by atoms with Crippen molar-refractivity contribution in [2.24, 2.45) is 0 Å². The average molecular weight is 289 g/mol. The molecule has 2 aromatic rings. The molecular formula is C14H15N3O4. The zero-order valence-electron chi connectivity index (χ0n) is 11.2. The average Bonchev–Trinajstić information content (AvgIpc) is 2.97. The lowest BCUT2D eigenvalue weighted by Crippen LogP contribution is -2.39. The van der Waals surface area contributed by atoms with Crippen molar-refractivity contribution in [3.63, 3.8) is 0 Å². The Hall–Kier alpha value is -2.67. The first kappa shape index (κ1) is 14.7. The molecular weight excluding hydrogens is 274 g/mol. The van der Waals surface area contributed by atoms with Crippen molar-refractivity contribution in [2.75, 3.05) is 5.32 Å². The lowest BCUT2D eigenvalue weighted by molar-refractivity contribution is -0.141. The molecule has 0 aliphatic carbocycles. The van der Waals surface area contributed by atoms with Gasteiger partial charge in [0.25, 0.3) is 0 Å². The Morgan fingerprint density at radius 3 is 2.81 bits per heavy atom. The lowest BCUT2D eigenvalue weighted by atomic mass is 10.2. The number of carbonyl (C=O) groups is 2. The second-order valence-corrected chi connectivity index (χ2v) is 4.35. The number of nitrogens with zero attached hydrogens (tertiary/aromatic N) is 1. The summed E-state index contributed by atoms with van der Waals surface area (Å²) in [5.41, 5.74) is 0.526. The minimum Gasteiger partial charge on any atom is -0.480 e. The van der Waals surface area contributed by atoms with E-state index in [9.17, 15) is 9.59 Å². The highest BCUT2D eigenvalue weighted by atomic mass is 16.4. The number of hydrogen-bond donors (Lipinski definition) is 3. The third kappa shape index (κ3) is 4.73. The molecule has 3 N–H and O–H groups in total. The van der Waals surface area contributed by atoms with E-state index in [1.807, 2.05) is 0 Å². The number of carboxylic acid groups (broad SMARTS) is 1. The number of anilines is 1. The molecule has 1 atom stereocenters. The third-order valence-corrected chi connectivity index (χ3v) is 2.74. The van der Waals surface area contributed by atoms with E-state index in [4.69, 9.17) is 9.52 Å². The highest BCUT2D eigenvalue weighted by Gasteiger charge is 2.21. The molecule has 2 rings (SSSR count). The van der Waals surface area contributed by atoms with Crippen LogP contribution in [0.3, 0.4) is 0 Å². The molecule has 0 aliphatic rings. The van der Waals surface area contributed by atoms with E-state index in [-0.39, 0.29) is 13.0 Å². The summed E-state index contributed by atoms with van der Waals surface area (Å²) in [5, 5.41) is 14.5. The lowest BCUT2D eigenvalue weighted by Gasteiger charge is -2.13. The van der Waals surface area contributed by atoms with Crippen molar-refractivity contribution in [1.29, 1.82) is 0 Å². The third-order valence-electron chi connectivity index (χ3n) is 2.74. The van der Waals surface area contributed by atoms with Crippen LogP contribution in [0, 0.1) is 0 Å². The van der Waals surface area contributed by atoms with E-state index in [0.29, 0.717) is 11.4 Å². The number of hydrogen-bond acceptors (Lipinski definition) is 5. The Labute approximate surface area is 121 Å². The van der Waals surface area contributed by atoms with Crippen LogP contribution >= 0.6 is 0 Å². The van der Waals surface area contributed by atoms with E-state index < -0.39 is 17.9 Å². The van der Waals surface area contributed by atoms with Crippen molar-refractivity contribution in [2.45, 2.75) is 19.0 Å². The van der Waals surface area contributed by atoms with Gasteiger partial charge in [-0.3, -0.25) is 19.9 Å². The standard InChI is InChI=1S/C14H15N3O4/c18-13(17-10-3-1-5-15-8-10)7-12(14(19)20)16-9-11-4-2-6-21-11/h1-6,8,12,16H,7,9H2,(H,17,18)(H,19,20). The number of furan rings is 1. The Morgan fingerprint density at radius 1 is 1.33 bits per heavy atom. The second-order valence-electron chi connectivity index (χ2n) is 4.35. The molecule has 1 unspecified atom stereocenters. The Morgan fingerprint density at radius 2 is 2.19 bits per heavy atom. The van der Waals surface area contributed by atoms with Gasteiger partial charge in [0.2, 0.25) is 5.91 Å². The van der Waals surface area contributed by atoms with Gasteiger partial charge in [0.15, 0.2) is 0 Å². The van der Waals surface area contributed by atoms with E-state index in [1.165, 1.54) is 12.5 Å². The van der Waals surface area contributed by atoms with Gasteiger partial charge < -0.3 is 14.8 Å². The van der Waals surface area contributed by atoms with Crippen LogP contribution in [0.1, 0.15) is 12.2 Å². The Kier molecular flexibility index (Phi) is 5.05. The summed E-state index contributed by atoms with van der Waals surface area (Å²) in [7, 11) is 0. The molecule has 1 amide bonds. The summed E-state index contributed by atoms with van der Waals surface area (Å²) in [4.78, 5) is 26.8. The zero-order chi connectivity index (χ0) is 15.1. The highest BCUT2D eigenvalue weighted by molar-refractivity contribution is 5.93. The van der Waals surface area contributed by atoms with Crippen LogP contribution in [0.2, 0.25) is 0 Å². The molecule has 0 saturated carbocycles. The van der Waals surface area contributed by atoms with E-state index in [0.717, 1.165) is 0 Å². The summed E-state index contributed by atoms with van der Waals surface area (Å²) in [5.74, 6) is -0.890. The molecule has 110 valence electrons. The normalized spacial score (nSPS) is 11.8. The molecule has 21 heavy (non-hydrogen) atoms. The van der Waals surface area contributed by atoms with Crippen molar-refractivity contribution in [3.8, 4) is 0 Å². The maximum atomic E-state index is 11.8. The monoisotopic (exact) mass is 289 g/mol. The van der Waals surface area contributed by atoms with Crippen molar-refractivity contribution < 1.29 is 19.1 Å². The molecule has 7 nitrogen and oxygen atoms in total. The first-order chi connectivity index (χ1) is 10.1. The predicted octanol–water partition coefficient (Wildman–Crippen LogP) is 1.25. The van der Waals surface area contributed by atoms with Crippen molar-refractivity contribution in [3.05, 3.63) is 48.7 Å². The van der Waals surface area contributed by atoms with Crippen molar-refractivity contribution >= 4 is 17.6 Å². The number of carbonyl (C=O) groups excluding carboxylic acids is 1. The fraction of sp³-hybridized carbons (Fsp3) is 0.214. The van der Waals surface area contributed by atoms with E-state index in [1.54, 1.807) is 30.5 Å². The van der Waals surface area contributed by atoms with Crippen LogP contribution in [-0.4, -0.2) is 28.0 Å². The summed E-state index contributed by atoms with van der Waals surface area (Å²) in [6.07, 6.45) is 4.39. The molecule has 0 saturated heterocycles. The van der Waals surface area contributed by atoms with Gasteiger partial charge in [-0.2, -0.15) is 0 Å². The molecule has 2 heterocycles. The van der Waals surface area contributed by atoms with Gasteiger partial charge in [-0.25, -0.2) is 0 Å². The molecule has 0 spiro atoms. The Bertz CT molecular complexity index is 584. The molecule has 2 aromatic heterocycles. The highest BCUT2D eigenvalue weighted by Crippen LogP contribution is 2.06. The molecule has 0 radical (unpaired) electrons. The maximum absolute atomic E-state index is 11.8.